The van der Waals surface area contributed by atoms with Crippen LogP contribution in [0.25, 0.3) is 0 Å². The van der Waals surface area contributed by atoms with E-state index in [2.05, 4.69) is 5.32 Å². The molecule has 6 heteroatoms. The molecule has 0 aromatic heterocycles. The summed E-state index contributed by atoms with van der Waals surface area (Å²) in [6.45, 7) is 1.81. The van der Waals surface area contributed by atoms with Crippen molar-refractivity contribution in [3.8, 4) is 0 Å². The Morgan fingerprint density at radius 1 is 1.20 bits per heavy atom. The van der Waals surface area contributed by atoms with Crippen LogP contribution < -0.4 is 11.1 Å². The zero-order valence-electron chi connectivity index (χ0n) is 11.3. The van der Waals surface area contributed by atoms with Crippen molar-refractivity contribution in [2.24, 2.45) is 5.73 Å². The van der Waals surface area contributed by atoms with Gasteiger partial charge in [-0.1, -0.05) is 6.07 Å². The van der Waals surface area contributed by atoms with Gasteiger partial charge < -0.3 is 16.2 Å². The number of unbranched alkanes of at least 4 members (excludes halogenated alkanes) is 1. The Balaban J connectivity index is 2.55. The van der Waals surface area contributed by atoms with Crippen LogP contribution >= 0.6 is 0 Å². The van der Waals surface area contributed by atoms with Gasteiger partial charge in [-0.2, -0.15) is 0 Å². The molecule has 20 heavy (non-hydrogen) atoms. The van der Waals surface area contributed by atoms with E-state index in [0.29, 0.717) is 24.1 Å². The zero-order chi connectivity index (χ0) is 15.1. The SMILES string of the molecule is Cc1ccc(C(N)=O)cc1NC(=O)CCCCC(=O)O. The van der Waals surface area contributed by atoms with E-state index < -0.39 is 11.9 Å². The minimum Gasteiger partial charge on any atom is -0.481 e. The second-order valence-electron chi connectivity index (χ2n) is 4.54. The van der Waals surface area contributed by atoms with Crippen molar-refractivity contribution < 1.29 is 19.5 Å². The number of nitrogens with two attached hydrogens (primary N) is 1. The van der Waals surface area contributed by atoms with Crippen LogP contribution in [0.3, 0.4) is 0 Å². The molecule has 108 valence electrons. The molecule has 0 atom stereocenters. The van der Waals surface area contributed by atoms with Gasteiger partial charge in [-0.05, 0) is 37.5 Å². The number of nitrogens with one attached hydrogen (secondary N) is 1. The third-order valence-electron chi connectivity index (χ3n) is 2.84. The first-order valence-electron chi connectivity index (χ1n) is 6.32. The number of aryl methyl sites for hydroxylation is 1. The van der Waals surface area contributed by atoms with Crippen molar-refractivity contribution in [1.29, 1.82) is 0 Å². The minimum atomic E-state index is -0.865. The monoisotopic (exact) mass is 278 g/mol. The summed E-state index contributed by atoms with van der Waals surface area (Å²) < 4.78 is 0. The number of rotatable bonds is 7. The molecule has 0 heterocycles. The molecule has 0 aliphatic carbocycles. The lowest BCUT2D eigenvalue weighted by Crippen LogP contribution is -2.15. The Labute approximate surface area is 117 Å². The van der Waals surface area contributed by atoms with E-state index in [1.165, 1.54) is 6.07 Å². The molecule has 0 bridgehead atoms. The van der Waals surface area contributed by atoms with Gasteiger partial charge in [0, 0.05) is 24.1 Å². The lowest BCUT2D eigenvalue weighted by Gasteiger charge is -2.09. The van der Waals surface area contributed by atoms with Crippen molar-refractivity contribution in [3.05, 3.63) is 29.3 Å². The fourth-order valence-electron chi connectivity index (χ4n) is 1.68. The molecule has 1 aromatic rings. The Bertz CT molecular complexity index is 526. The molecule has 0 saturated heterocycles. The molecular weight excluding hydrogens is 260 g/mol. The Morgan fingerprint density at radius 2 is 1.85 bits per heavy atom. The molecule has 1 rings (SSSR count). The summed E-state index contributed by atoms with van der Waals surface area (Å²) in [4.78, 5) is 33.1. The summed E-state index contributed by atoms with van der Waals surface area (Å²) in [5.74, 6) is -1.63. The Morgan fingerprint density at radius 3 is 2.45 bits per heavy atom. The third-order valence-corrected chi connectivity index (χ3v) is 2.84. The predicted octanol–water partition coefficient (Wildman–Crippen LogP) is 1.68. The molecule has 6 nitrogen and oxygen atoms in total. The quantitative estimate of drug-likeness (QED) is 0.659. The first-order valence-corrected chi connectivity index (χ1v) is 6.32. The van der Waals surface area contributed by atoms with Crippen LogP contribution in [0.1, 0.15) is 41.6 Å². The number of amides is 2. The van der Waals surface area contributed by atoms with Crippen LogP contribution in [0.2, 0.25) is 0 Å². The van der Waals surface area contributed by atoms with Crippen LogP contribution in [-0.4, -0.2) is 22.9 Å². The van der Waals surface area contributed by atoms with E-state index in [1.54, 1.807) is 12.1 Å². The van der Waals surface area contributed by atoms with Crippen molar-refractivity contribution in [2.75, 3.05) is 5.32 Å². The second-order valence-corrected chi connectivity index (χ2v) is 4.54. The van der Waals surface area contributed by atoms with E-state index in [0.717, 1.165) is 5.56 Å². The van der Waals surface area contributed by atoms with E-state index >= 15 is 0 Å². The number of anilines is 1. The summed E-state index contributed by atoms with van der Waals surface area (Å²) >= 11 is 0. The molecule has 0 radical (unpaired) electrons. The number of hydrogen-bond donors (Lipinski definition) is 3. The number of carbonyl (C=O) groups is 3. The highest BCUT2D eigenvalue weighted by Gasteiger charge is 2.08. The third kappa shape index (κ3) is 5.09. The summed E-state index contributed by atoms with van der Waals surface area (Å²) in [6.07, 6.45) is 1.27. The minimum absolute atomic E-state index is 0.0590. The van der Waals surface area contributed by atoms with E-state index in [1.807, 2.05) is 6.92 Å². The number of aliphatic carboxylic acids is 1. The van der Waals surface area contributed by atoms with Crippen LogP contribution in [0.4, 0.5) is 5.69 Å². The average Bonchev–Trinajstić information content (AvgIpc) is 2.37. The van der Waals surface area contributed by atoms with Crippen LogP contribution in [-0.2, 0) is 9.59 Å². The molecule has 0 aliphatic rings. The number of primary amides is 1. The van der Waals surface area contributed by atoms with Crippen LogP contribution in [0.15, 0.2) is 18.2 Å². The van der Waals surface area contributed by atoms with Gasteiger partial charge in [0.15, 0.2) is 0 Å². The Hall–Kier alpha value is -2.37. The summed E-state index contributed by atoms with van der Waals surface area (Å²) in [7, 11) is 0. The lowest BCUT2D eigenvalue weighted by atomic mass is 10.1. The smallest absolute Gasteiger partial charge is 0.303 e. The van der Waals surface area contributed by atoms with Gasteiger partial charge in [-0.3, -0.25) is 14.4 Å². The van der Waals surface area contributed by atoms with Gasteiger partial charge in [0.25, 0.3) is 0 Å². The molecule has 4 N–H and O–H groups in total. The average molecular weight is 278 g/mol. The number of hydrogen-bond acceptors (Lipinski definition) is 3. The molecule has 0 unspecified atom stereocenters. The zero-order valence-corrected chi connectivity index (χ0v) is 11.3. The van der Waals surface area contributed by atoms with E-state index in [-0.39, 0.29) is 18.7 Å². The largest absolute Gasteiger partial charge is 0.481 e. The first kappa shape index (κ1) is 15.7. The van der Waals surface area contributed by atoms with Crippen molar-refractivity contribution in [2.45, 2.75) is 32.6 Å². The first-order chi connectivity index (χ1) is 9.40. The fraction of sp³-hybridized carbons (Fsp3) is 0.357. The predicted molar refractivity (Wildman–Crippen MR) is 74.4 cm³/mol. The Kier molecular flexibility index (Phi) is 5.71. The van der Waals surface area contributed by atoms with Crippen molar-refractivity contribution in [3.63, 3.8) is 0 Å². The summed E-state index contributed by atoms with van der Waals surface area (Å²) in [5.41, 5.74) is 6.89. The van der Waals surface area contributed by atoms with E-state index in [4.69, 9.17) is 10.8 Å². The van der Waals surface area contributed by atoms with Gasteiger partial charge in [0.2, 0.25) is 11.8 Å². The van der Waals surface area contributed by atoms with Crippen LogP contribution in [0.5, 0.6) is 0 Å². The van der Waals surface area contributed by atoms with Gasteiger partial charge in [-0.25, -0.2) is 0 Å². The molecule has 0 aliphatic heterocycles. The van der Waals surface area contributed by atoms with Gasteiger partial charge in [-0.15, -0.1) is 0 Å². The number of benzene rings is 1. The second kappa shape index (κ2) is 7.28. The van der Waals surface area contributed by atoms with Gasteiger partial charge in [0.05, 0.1) is 0 Å². The lowest BCUT2D eigenvalue weighted by molar-refractivity contribution is -0.137. The summed E-state index contributed by atoms with van der Waals surface area (Å²) in [6, 6.07) is 4.84. The maximum absolute atomic E-state index is 11.7. The maximum atomic E-state index is 11.7. The topological polar surface area (TPSA) is 109 Å². The number of carbonyl (C=O) groups excluding carboxylic acids is 2. The van der Waals surface area contributed by atoms with Gasteiger partial charge >= 0.3 is 5.97 Å². The standard InChI is InChI=1S/C14H18N2O4/c1-9-6-7-10(14(15)20)8-11(9)16-12(17)4-2-3-5-13(18)19/h6-8H,2-5H2,1H3,(H2,15,20)(H,16,17)(H,18,19). The summed E-state index contributed by atoms with van der Waals surface area (Å²) in [5, 5.41) is 11.2. The highest BCUT2D eigenvalue weighted by Crippen LogP contribution is 2.17. The number of carboxylic acid groups (broad SMARTS) is 1. The number of carboxylic acids is 1. The molecule has 0 saturated carbocycles. The maximum Gasteiger partial charge on any atom is 0.303 e. The fourth-order valence-corrected chi connectivity index (χ4v) is 1.68. The molecule has 2 amide bonds. The molecule has 1 aromatic carbocycles. The van der Waals surface area contributed by atoms with Gasteiger partial charge in [0.1, 0.15) is 0 Å². The van der Waals surface area contributed by atoms with Crippen LogP contribution in [0, 0.1) is 6.92 Å². The highest BCUT2D eigenvalue weighted by atomic mass is 16.4. The highest BCUT2D eigenvalue weighted by molar-refractivity contribution is 5.96. The van der Waals surface area contributed by atoms with Crippen molar-refractivity contribution >= 4 is 23.5 Å². The van der Waals surface area contributed by atoms with Crippen molar-refractivity contribution in [1.82, 2.24) is 0 Å². The molecule has 0 spiro atoms. The normalized spacial score (nSPS) is 10.1. The van der Waals surface area contributed by atoms with E-state index in [9.17, 15) is 14.4 Å². The molecule has 0 fully saturated rings. The molecular formula is C14H18N2O4.